The number of hydrogen-bond acceptors (Lipinski definition) is 5. The van der Waals surface area contributed by atoms with Crippen LogP contribution < -0.4 is 5.73 Å². The topological polar surface area (TPSA) is 106 Å². The molecule has 0 aliphatic heterocycles. The van der Waals surface area contributed by atoms with Crippen LogP contribution in [0, 0.1) is 21.4 Å². The molecular weight excluding hydrogens is 222 g/mol. The molecule has 0 saturated heterocycles. The van der Waals surface area contributed by atoms with Crippen molar-refractivity contribution in [1.82, 2.24) is 4.98 Å². The van der Waals surface area contributed by atoms with Gasteiger partial charge in [-0.3, -0.25) is 0 Å². The molecule has 0 aliphatic carbocycles. The van der Waals surface area contributed by atoms with Crippen LogP contribution in [-0.4, -0.2) is 9.91 Å². The molecule has 0 atom stereocenters. The summed E-state index contributed by atoms with van der Waals surface area (Å²) in [6.07, 6.45) is -3.23. The van der Waals surface area contributed by atoms with E-state index < -0.39 is 22.9 Å². The summed E-state index contributed by atoms with van der Waals surface area (Å²) in [5, 5.41) is 18.9. The summed E-state index contributed by atoms with van der Waals surface area (Å²) in [4.78, 5) is 12.7. The SMILES string of the molecule is N#CCc1cc(C(F)F)nc([N+](=O)[O-])c1N. The van der Waals surface area contributed by atoms with Gasteiger partial charge in [-0.15, -0.1) is 0 Å². The zero-order valence-electron chi connectivity index (χ0n) is 7.85. The number of nitrogens with zero attached hydrogens (tertiary/aromatic N) is 3. The van der Waals surface area contributed by atoms with Crippen molar-refractivity contribution in [3.8, 4) is 6.07 Å². The molecule has 0 bridgehead atoms. The molecule has 6 nitrogen and oxygen atoms in total. The fraction of sp³-hybridized carbons (Fsp3) is 0.250. The van der Waals surface area contributed by atoms with Crippen LogP contribution in [-0.2, 0) is 6.42 Å². The van der Waals surface area contributed by atoms with E-state index in [1.54, 1.807) is 6.07 Å². The van der Waals surface area contributed by atoms with Crippen LogP contribution in [0.1, 0.15) is 17.7 Å². The Hall–Kier alpha value is -2.30. The molecule has 1 rings (SSSR count). The largest absolute Gasteiger partial charge is 0.392 e. The van der Waals surface area contributed by atoms with E-state index in [2.05, 4.69) is 4.98 Å². The highest BCUT2D eigenvalue weighted by molar-refractivity contribution is 5.60. The van der Waals surface area contributed by atoms with Gasteiger partial charge in [0.25, 0.3) is 0 Å². The van der Waals surface area contributed by atoms with Gasteiger partial charge >= 0.3 is 12.2 Å². The molecule has 16 heavy (non-hydrogen) atoms. The Bertz CT molecular complexity index is 470. The van der Waals surface area contributed by atoms with Crippen molar-refractivity contribution < 1.29 is 13.7 Å². The second kappa shape index (κ2) is 4.48. The van der Waals surface area contributed by atoms with Crippen molar-refractivity contribution in [3.63, 3.8) is 0 Å². The molecule has 0 fully saturated rings. The van der Waals surface area contributed by atoms with Crippen LogP contribution in [0.25, 0.3) is 0 Å². The lowest BCUT2D eigenvalue weighted by Crippen LogP contribution is -2.05. The number of nitrogens with two attached hydrogens (primary N) is 1. The minimum atomic E-state index is -2.95. The summed E-state index contributed by atoms with van der Waals surface area (Å²) in [5.74, 6) is -0.844. The molecular formula is C8H6F2N4O2. The van der Waals surface area contributed by atoms with E-state index >= 15 is 0 Å². The summed E-state index contributed by atoms with van der Waals surface area (Å²) in [7, 11) is 0. The Morgan fingerprint density at radius 2 is 2.31 bits per heavy atom. The van der Waals surface area contributed by atoms with Crippen LogP contribution in [0.4, 0.5) is 20.3 Å². The van der Waals surface area contributed by atoms with E-state index in [1.807, 2.05) is 0 Å². The molecule has 84 valence electrons. The first kappa shape index (κ1) is 11.8. The summed E-state index contributed by atoms with van der Waals surface area (Å²) in [5.41, 5.74) is 4.22. The second-order valence-electron chi connectivity index (χ2n) is 2.84. The number of nitrogen functional groups attached to an aromatic ring is 1. The summed E-state index contributed by atoms with van der Waals surface area (Å²) < 4.78 is 24.7. The number of hydrogen-bond donors (Lipinski definition) is 1. The molecule has 2 N–H and O–H groups in total. The number of anilines is 1. The molecule has 1 aromatic rings. The van der Waals surface area contributed by atoms with Crippen molar-refractivity contribution >= 4 is 11.5 Å². The smallest absolute Gasteiger partial charge is 0.387 e. The Labute approximate surface area is 88.5 Å². The third kappa shape index (κ3) is 2.20. The van der Waals surface area contributed by atoms with Gasteiger partial charge in [0.1, 0.15) is 5.69 Å². The summed E-state index contributed by atoms with van der Waals surface area (Å²) in [6.45, 7) is 0. The Morgan fingerprint density at radius 3 is 2.75 bits per heavy atom. The summed E-state index contributed by atoms with van der Waals surface area (Å²) >= 11 is 0. The van der Waals surface area contributed by atoms with Crippen molar-refractivity contribution in [2.75, 3.05) is 5.73 Å². The predicted molar refractivity (Wildman–Crippen MR) is 49.6 cm³/mol. The lowest BCUT2D eigenvalue weighted by Gasteiger charge is -2.03. The molecule has 0 aliphatic rings. The lowest BCUT2D eigenvalue weighted by molar-refractivity contribution is -0.388. The van der Waals surface area contributed by atoms with Gasteiger partial charge < -0.3 is 15.8 Å². The number of rotatable bonds is 3. The van der Waals surface area contributed by atoms with Gasteiger partial charge in [-0.1, -0.05) is 0 Å². The number of nitriles is 1. The highest BCUT2D eigenvalue weighted by Crippen LogP contribution is 2.28. The second-order valence-corrected chi connectivity index (χ2v) is 2.84. The Balaban J connectivity index is 3.40. The molecule has 1 heterocycles. The zero-order chi connectivity index (χ0) is 12.3. The Kier molecular flexibility index (Phi) is 3.30. The van der Waals surface area contributed by atoms with Crippen LogP contribution in [0.15, 0.2) is 6.07 Å². The van der Waals surface area contributed by atoms with E-state index in [0.717, 1.165) is 6.07 Å². The van der Waals surface area contributed by atoms with E-state index in [-0.39, 0.29) is 17.7 Å². The van der Waals surface area contributed by atoms with Gasteiger partial charge in [-0.25, -0.2) is 8.78 Å². The minimum Gasteiger partial charge on any atom is -0.392 e. The summed E-state index contributed by atoms with van der Waals surface area (Å²) in [6, 6.07) is 2.58. The van der Waals surface area contributed by atoms with Crippen molar-refractivity contribution in [3.05, 3.63) is 27.4 Å². The van der Waals surface area contributed by atoms with Crippen molar-refractivity contribution in [2.45, 2.75) is 12.8 Å². The first-order valence-corrected chi connectivity index (χ1v) is 4.06. The molecule has 0 amide bonds. The molecule has 8 heteroatoms. The van der Waals surface area contributed by atoms with Gasteiger partial charge in [0, 0.05) is 5.56 Å². The first-order chi connectivity index (χ1) is 7.47. The lowest BCUT2D eigenvalue weighted by atomic mass is 10.1. The third-order valence-corrected chi connectivity index (χ3v) is 1.81. The number of aromatic nitrogens is 1. The quantitative estimate of drug-likeness (QED) is 0.624. The molecule has 0 radical (unpaired) electrons. The Morgan fingerprint density at radius 1 is 1.69 bits per heavy atom. The van der Waals surface area contributed by atoms with Crippen LogP contribution in [0.5, 0.6) is 0 Å². The fourth-order valence-electron chi connectivity index (χ4n) is 1.10. The van der Waals surface area contributed by atoms with E-state index in [9.17, 15) is 18.9 Å². The molecule has 0 spiro atoms. The van der Waals surface area contributed by atoms with Gasteiger partial charge in [0.2, 0.25) is 5.69 Å². The van der Waals surface area contributed by atoms with Gasteiger partial charge in [0.05, 0.1) is 12.5 Å². The van der Waals surface area contributed by atoms with E-state index in [4.69, 9.17) is 11.0 Å². The van der Waals surface area contributed by atoms with Crippen molar-refractivity contribution in [2.24, 2.45) is 0 Å². The average Bonchev–Trinajstić information content (AvgIpc) is 2.20. The molecule has 0 aromatic carbocycles. The normalized spacial score (nSPS) is 10.1. The number of nitro groups is 1. The number of alkyl halides is 2. The first-order valence-electron chi connectivity index (χ1n) is 4.06. The number of pyridine rings is 1. The maximum atomic E-state index is 12.4. The van der Waals surface area contributed by atoms with Crippen LogP contribution >= 0.6 is 0 Å². The highest BCUT2D eigenvalue weighted by atomic mass is 19.3. The van der Waals surface area contributed by atoms with Crippen LogP contribution in [0.3, 0.4) is 0 Å². The average molecular weight is 228 g/mol. The van der Waals surface area contributed by atoms with Crippen LogP contribution in [0.2, 0.25) is 0 Å². The fourth-order valence-corrected chi connectivity index (χ4v) is 1.10. The maximum absolute atomic E-state index is 12.4. The van der Waals surface area contributed by atoms with E-state index in [0.29, 0.717) is 0 Å². The van der Waals surface area contributed by atoms with Gasteiger partial charge in [0.15, 0.2) is 0 Å². The monoisotopic (exact) mass is 228 g/mol. The molecule has 1 aromatic heterocycles. The van der Waals surface area contributed by atoms with Gasteiger partial charge in [-0.2, -0.15) is 5.26 Å². The maximum Gasteiger partial charge on any atom is 0.387 e. The number of halogens is 2. The third-order valence-electron chi connectivity index (χ3n) is 1.81. The zero-order valence-corrected chi connectivity index (χ0v) is 7.85. The predicted octanol–water partition coefficient (Wildman–Crippen LogP) is 1.58. The minimum absolute atomic E-state index is 0.0144. The molecule has 0 unspecified atom stereocenters. The van der Waals surface area contributed by atoms with Gasteiger partial charge in [-0.05, 0) is 16.0 Å². The molecule has 0 saturated carbocycles. The van der Waals surface area contributed by atoms with E-state index in [1.165, 1.54) is 0 Å². The highest BCUT2D eigenvalue weighted by Gasteiger charge is 2.24. The standard InChI is InChI=1S/C8H6F2N4O2/c9-7(10)5-3-4(1-2-11)6(12)8(13-5)14(15)16/h3,7H,1,12H2. The van der Waals surface area contributed by atoms with Crippen molar-refractivity contribution in [1.29, 1.82) is 5.26 Å².